The molecule has 0 bridgehead atoms. The Morgan fingerprint density at radius 3 is 2.70 bits per heavy atom. The van der Waals surface area contributed by atoms with E-state index in [4.69, 9.17) is 0 Å². The van der Waals surface area contributed by atoms with Crippen molar-refractivity contribution in [2.24, 2.45) is 12.0 Å². The number of aryl methyl sites for hydroxylation is 1. The zero-order valence-corrected chi connectivity index (χ0v) is 19.2. The van der Waals surface area contributed by atoms with E-state index in [-0.39, 0.29) is 34.3 Å². The molecule has 1 N–H and O–H groups in total. The fourth-order valence-electron chi connectivity index (χ4n) is 4.31. The SMILES string of the molecule is C[C@@H]1CN=C2N(Cc3cnn(C)c3C(F)F)C(=O)c3cc(S(=O)(=O)NC4(C)CC4)ccc3N21. The summed E-state index contributed by atoms with van der Waals surface area (Å²) in [5, 5.41) is 3.92. The van der Waals surface area contributed by atoms with Crippen molar-refractivity contribution >= 4 is 27.6 Å². The normalized spacial score (nSPS) is 21.3. The summed E-state index contributed by atoms with van der Waals surface area (Å²) < 4.78 is 56.8. The zero-order chi connectivity index (χ0) is 23.7. The predicted octanol–water partition coefficient (Wildman–Crippen LogP) is 2.41. The lowest BCUT2D eigenvalue weighted by atomic mass is 10.1. The highest BCUT2D eigenvalue weighted by atomic mass is 32.2. The lowest BCUT2D eigenvalue weighted by Gasteiger charge is -2.38. The lowest BCUT2D eigenvalue weighted by molar-refractivity contribution is 0.0828. The summed E-state index contributed by atoms with van der Waals surface area (Å²) in [5.41, 5.74) is 0.217. The summed E-state index contributed by atoms with van der Waals surface area (Å²) >= 11 is 0. The number of guanidine groups is 1. The molecule has 1 atom stereocenters. The molecule has 1 fully saturated rings. The Morgan fingerprint density at radius 1 is 1.30 bits per heavy atom. The number of carbonyl (C=O) groups is 1. The van der Waals surface area contributed by atoms with Gasteiger partial charge >= 0.3 is 0 Å². The molecule has 1 aliphatic carbocycles. The molecular weight excluding hydrogens is 454 g/mol. The number of carbonyl (C=O) groups excluding carboxylic acids is 1. The number of aromatic nitrogens is 2. The number of nitrogens with one attached hydrogen (secondary N) is 1. The molecule has 1 aromatic heterocycles. The Labute approximate surface area is 190 Å². The Kier molecular flexibility index (Phi) is 4.87. The first-order chi connectivity index (χ1) is 15.5. The van der Waals surface area contributed by atoms with Crippen LogP contribution in [0.5, 0.6) is 0 Å². The number of anilines is 1. The second-order valence-corrected chi connectivity index (χ2v) is 10.8. The Hall–Kier alpha value is -2.86. The molecule has 2 aliphatic heterocycles. The van der Waals surface area contributed by atoms with Gasteiger partial charge in [-0.15, -0.1) is 0 Å². The number of sulfonamides is 1. The first kappa shape index (κ1) is 22.0. The van der Waals surface area contributed by atoms with Gasteiger partial charge in [-0.05, 0) is 44.9 Å². The van der Waals surface area contributed by atoms with Gasteiger partial charge in [-0.2, -0.15) is 5.10 Å². The summed E-state index contributed by atoms with van der Waals surface area (Å²) in [6, 6.07) is 4.37. The van der Waals surface area contributed by atoms with E-state index in [0.29, 0.717) is 18.2 Å². The number of benzene rings is 1. The minimum absolute atomic E-state index is 0.00967. The monoisotopic (exact) mass is 478 g/mol. The molecule has 3 heterocycles. The molecule has 0 saturated heterocycles. The summed E-state index contributed by atoms with van der Waals surface area (Å²) in [7, 11) is -2.40. The maximum atomic E-state index is 13.6. The van der Waals surface area contributed by atoms with Crippen LogP contribution in [0.25, 0.3) is 0 Å². The number of aliphatic imine (C=N–C) groups is 1. The molecule has 1 aromatic carbocycles. The number of alkyl halides is 2. The highest BCUT2D eigenvalue weighted by molar-refractivity contribution is 7.89. The lowest BCUT2D eigenvalue weighted by Crippen LogP contribution is -2.52. The van der Waals surface area contributed by atoms with Crippen LogP contribution in [0, 0.1) is 0 Å². The van der Waals surface area contributed by atoms with E-state index in [1.165, 1.54) is 30.3 Å². The van der Waals surface area contributed by atoms with Crippen LogP contribution in [-0.2, 0) is 23.6 Å². The Balaban J connectivity index is 1.56. The van der Waals surface area contributed by atoms with Crippen LogP contribution >= 0.6 is 0 Å². The van der Waals surface area contributed by atoms with Crippen molar-refractivity contribution in [3.05, 3.63) is 41.2 Å². The van der Waals surface area contributed by atoms with E-state index in [1.54, 1.807) is 6.07 Å². The summed E-state index contributed by atoms with van der Waals surface area (Å²) in [4.78, 5) is 21.2. The quantitative estimate of drug-likeness (QED) is 0.687. The van der Waals surface area contributed by atoms with Gasteiger partial charge in [0.15, 0.2) is 0 Å². The molecule has 0 unspecified atom stereocenters. The van der Waals surface area contributed by atoms with Crippen molar-refractivity contribution in [3.63, 3.8) is 0 Å². The van der Waals surface area contributed by atoms with Gasteiger partial charge in [0.2, 0.25) is 16.0 Å². The molecule has 9 nitrogen and oxygen atoms in total. The molecule has 0 spiro atoms. The van der Waals surface area contributed by atoms with E-state index in [0.717, 1.165) is 17.5 Å². The second-order valence-electron chi connectivity index (χ2n) is 9.08. The van der Waals surface area contributed by atoms with Crippen LogP contribution in [0.1, 0.15) is 54.7 Å². The highest BCUT2D eigenvalue weighted by Gasteiger charge is 2.43. The van der Waals surface area contributed by atoms with Crippen LogP contribution in [-0.4, -0.2) is 53.1 Å². The smallest absolute Gasteiger partial charge is 0.280 e. The molecule has 3 aliphatic rings. The van der Waals surface area contributed by atoms with Crippen LogP contribution in [0.2, 0.25) is 0 Å². The van der Waals surface area contributed by atoms with Gasteiger partial charge in [0.1, 0.15) is 5.69 Å². The number of amides is 1. The number of rotatable bonds is 6. The average molecular weight is 479 g/mol. The summed E-state index contributed by atoms with van der Waals surface area (Å²) in [6.45, 7) is 4.04. The minimum Gasteiger partial charge on any atom is -0.307 e. The molecule has 0 radical (unpaired) electrons. The van der Waals surface area contributed by atoms with Crippen molar-refractivity contribution in [2.45, 2.75) is 56.1 Å². The van der Waals surface area contributed by atoms with E-state index in [9.17, 15) is 22.0 Å². The number of fused-ring (bicyclic) bond motifs is 3. The number of hydrogen-bond acceptors (Lipinski definition) is 6. The zero-order valence-electron chi connectivity index (χ0n) is 18.4. The molecule has 1 amide bonds. The number of halogens is 2. The summed E-state index contributed by atoms with van der Waals surface area (Å²) in [5.74, 6) is -0.129. The molecule has 1 saturated carbocycles. The van der Waals surface area contributed by atoms with Gasteiger partial charge in [-0.3, -0.25) is 19.4 Å². The molecule has 5 rings (SSSR count). The van der Waals surface area contributed by atoms with Crippen LogP contribution in [0.4, 0.5) is 14.5 Å². The fraction of sp³-hybridized carbons (Fsp3) is 0.476. The molecule has 2 aromatic rings. The van der Waals surface area contributed by atoms with Crippen molar-refractivity contribution < 1.29 is 22.0 Å². The first-order valence-corrected chi connectivity index (χ1v) is 12.1. The maximum Gasteiger partial charge on any atom is 0.280 e. The Morgan fingerprint density at radius 2 is 2.03 bits per heavy atom. The van der Waals surface area contributed by atoms with Crippen LogP contribution in [0.15, 0.2) is 34.3 Å². The second kappa shape index (κ2) is 7.32. The van der Waals surface area contributed by atoms with Crippen molar-refractivity contribution in [3.8, 4) is 0 Å². The maximum absolute atomic E-state index is 13.6. The average Bonchev–Trinajstić information content (AvgIpc) is 3.15. The van der Waals surface area contributed by atoms with Gasteiger partial charge < -0.3 is 4.90 Å². The highest BCUT2D eigenvalue weighted by Crippen LogP contribution is 2.38. The summed E-state index contributed by atoms with van der Waals surface area (Å²) in [6.07, 6.45) is 0.0697. The van der Waals surface area contributed by atoms with Crippen LogP contribution in [0.3, 0.4) is 0 Å². The van der Waals surface area contributed by atoms with Gasteiger partial charge in [-0.25, -0.2) is 21.9 Å². The third-order valence-corrected chi connectivity index (χ3v) is 8.02. The Bertz CT molecular complexity index is 1280. The minimum atomic E-state index is -3.82. The van der Waals surface area contributed by atoms with Crippen LogP contribution < -0.4 is 9.62 Å². The predicted molar refractivity (Wildman–Crippen MR) is 117 cm³/mol. The van der Waals surface area contributed by atoms with E-state index in [2.05, 4.69) is 14.8 Å². The molecule has 12 heteroatoms. The fourth-order valence-corrected chi connectivity index (χ4v) is 5.80. The van der Waals surface area contributed by atoms with E-state index in [1.807, 2.05) is 18.7 Å². The van der Waals surface area contributed by atoms with E-state index >= 15 is 0 Å². The van der Waals surface area contributed by atoms with Gasteiger partial charge in [0.25, 0.3) is 12.3 Å². The van der Waals surface area contributed by atoms with Gasteiger partial charge in [-0.1, -0.05) is 0 Å². The standard InChI is InChI=1S/C21H24F2N6O3S/c1-12-9-24-20-28(11-13-10-25-27(3)17(13)18(22)23)19(30)15-8-14(4-5-16(15)29(12)20)33(31,32)26-21(2)6-7-21/h4-5,8,10,12,18,26H,6-7,9,11H2,1-3H3/t12-/m1/s1. The largest absolute Gasteiger partial charge is 0.307 e. The third kappa shape index (κ3) is 3.61. The van der Waals surface area contributed by atoms with Crippen molar-refractivity contribution in [1.29, 1.82) is 0 Å². The molecule has 33 heavy (non-hydrogen) atoms. The van der Waals surface area contributed by atoms with Gasteiger partial charge in [0, 0.05) is 18.2 Å². The van der Waals surface area contributed by atoms with Crippen molar-refractivity contribution in [1.82, 2.24) is 19.4 Å². The number of nitrogens with zero attached hydrogens (tertiary/aromatic N) is 5. The first-order valence-electron chi connectivity index (χ1n) is 10.6. The number of hydrogen-bond donors (Lipinski definition) is 1. The molecular formula is C21H24F2N6O3S. The van der Waals surface area contributed by atoms with Gasteiger partial charge in [0.05, 0.1) is 41.5 Å². The van der Waals surface area contributed by atoms with Crippen molar-refractivity contribution in [2.75, 3.05) is 11.4 Å². The topological polar surface area (TPSA) is 99.9 Å². The molecule has 176 valence electrons. The third-order valence-electron chi connectivity index (χ3n) is 6.39. The van der Waals surface area contributed by atoms with E-state index < -0.39 is 27.9 Å².